The van der Waals surface area contributed by atoms with Crippen LogP contribution in [0.5, 0.6) is 0 Å². The summed E-state index contributed by atoms with van der Waals surface area (Å²) in [4.78, 5) is 0.0262. The number of nitrogens with two attached hydrogens (primary N) is 2. The predicted molar refractivity (Wildman–Crippen MR) is 65.6 cm³/mol. The molecule has 0 saturated heterocycles. The minimum atomic E-state index is -3.71. The molecular weight excluding hydrogens is 226 g/mol. The van der Waals surface area contributed by atoms with E-state index in [4.69, 9.17) is 10.9 Å². The SMILES string of the molecule is CCC(C)Nc1cc(N)cc(S(N)(=O)=O)c1. The maximum atomic E-state index is 11.2. The minimum Gasteiger partial charge on any atom is -0.399 e. The Bertz CT molecular complexity index is 471. The zero-order valence-corrected chi connectivity index (χ0v) is 10.2. The van der Waals surface area contributed by atoms with Gasteiger partial charge >= 0.3 is 0 Å². The van der Waals surface area contributed by atoms with E-state index in [1.54, 1.807) is 6.07 Å². The van der Waals surface area contributed by atoms with Gasteiger partial charge < -0.3 is 11.1 Å². The lowest BCUT2D eigenvalue weighted by Gasteiger charge is -2.14. The van der Waals surface area contributed by atoms with Crippen molar-refractivity contribution in [2.24, 2.45) is 5.14 Å². The van der Waals surface area contributed by atoms with Crippen LogP contribution in [0.3, 0.4) is 0 Å². The molecule has 5 N–H and O–H groups in total. The maximum Gasteiger partial charge on any atom is 0.238 e. The molecule has 0 aromatic heterocycles. The van der Waals surface area contributed by atoms with Crippen molar-refractivity contribution in [3.63, 3.8) is 0 Å². The molecule has 0 saturated carbocycles. The third-order valence-corrected chi connectivity index (χ3v) is 3.18. The molecule has 0 aliphatic rings. The number of sulfonamides is 1. The van der Waals surface area contributed by atoms with Crippen molar-refractivity contribution in [2.45, 2.75) is 31.2 Å². The van der Waals surface area contributed by atoms with Gasteiger partial charge in [-0.25, -0.2) is 13.6 Å². The van der Waals surface area contributed by atoms with E-state index in [-0.39, 0.29) is 10.9 Å². The maximum absolute atomic E-state index is 11.2. The highest BCUT2D eigenvalue weighted by atomic mass is 32.2. The Hall–Kier alpha value is -1.27. The van der Waals surface area contributed by atoms with Gasteiger partial charge in [0, 0.05) is 17.4 Å². The molecular formula is C10H17N3O2S. The fraction of sp³-hybridized carbons (Fsp3) is 0.400. The van der Waals surface area contributed by atoms with Crippen LogP contribution in [0, 0.1) is 0 Å². The van der Waals surface area contributed by atoms with Gasteiger partial charge in [-0.15, -0.1) is 0 Å². The number of hydrogen-bond donors (Lipinski definition) is 3. The zero-order valence-electron chi connectivity index (χ0n) is 9.40. The standard InChI is InChI=1S/C10H17N3O2S/c1-3-7(2)13-9-4-8(11)5-10(6-9)16(12,14)15/h4-7,13H,3,11H2,1-2H3,(H2,12,14,15). The van der Waals surface area contributed by atoms with Gasteiger partial charge in [-0.3, -0.25) is 0 Å². The van der Waals surface area contributed by atoms with E-state index in [2.05, 4.69) is 5.32 Å². The number of rotatable bonds is 4. The second-order valence-corrected chi connectivity index (χ2v) is 5.35. The van der Waals surface area contributed by atoms with Gasteiger partial charge in [-0.2, -0.15) is 0 Å². The molecule has 0 aliphatic heterocycles. The molecule has 1 aromatic rings. The molecule has 0 aliphatic carbocycles. The Morgan fingerprint density at radius 1 is 1.38 bits per heavy atom. The van der Waals surface area contributed by atoms with Gasteiger partial charge in [0.15, 0.2) is 0 Å². The largest absolute Gasteiger partial charge is 0.399 e. The number of anilines is 2. The lowest BCUT2D eigenvalue weighted by atomic mass is 10.2. The summed E-state index contributed by atoms with van der Waals surface area (Å²) in [6, 6.07) is 4.76. The fourth-order valence-electron chi connectivity index (χ4n) is 1.26. The molecule has 16 heavy (non-hydrogen) atoms. The number of nitrogen functional groups attached to an aromatic ring is 1. The highest BCUT2D eigenvalue weighted by Gasteiger charge is 2.10. The van der Waals surface area contributed by atoms with Crippen molar-refractivity contribution in [3.05, 3.63) is 18.2 Å². The van der Waals surface area contributed by atoms with Crippen LogP contribution in [0.15, 0.2) is 23.1 Å². The van der Waals surface area contributed by atoms with Gasteiger partial charge in [-0.05, 0) is 31.5 Å². The van der Waals surface area contributed by atoms with Crippen LogP contribution in [0.25, 0.3) is 0 Å². The van der Waals surface area contributed by atoms with E-state index in [0.717, 1.165) is 6.42 Å². The van der Waals surface area contributed by atoms with Crippen molar-refractivity contribution < 1.29 is 8.42 Å². The van der Waals surface area contributed by atoms with Crippen molar-refractivity contribution in [1.82, 2.24) is 0 Å². The van der Waals surface area contributed by atoms with E-state index in [1.165, 1.54) is 12.1 Å². The molecule has 1 unspecified atom stereocenters. The quantitative estimate of drug-likeness (QED) is 0.690. The Morgan fingerprint density at radius 2 is 2.00 bits per heavy atom. The summed E-state index contributed by atoms with van der Waals surface area (Å²) in [7, 11) is -3.71. The molecule has 90 valence electrons. The van der Waals surface area contributed by atoms with E-state index in [9.17, 15) is 8.42 Å². The van der Waals surface area contributed by atoms with Crippen molar-refractivity contribution in [3.8, 4) is 0 Å². The summed E-state index contributed by atoms with van der Waals surface area (Å²) in [6.45, 7) is 4.03. The van der Waals surface area contributed by atoms with Crippen LogP contribution >= 0.6 is 0 Å². The number of nitrogens with one attached hydrogen (secondary N) is 1. The Morgan fingerprint density at radius 3 is 2.50 bits per heavy atom. The molecule has 1 aromatic carbocycles. The van der Waals surface area contributed by atoms with Crippen LogP contribution in [0.4, 0.5) is 11.4 Å². The Kier molecular flexibility index (Phi) is 3.77. The molecule has 0 fully saturated rings. The lowest BCUT2D eigenvalue weighted by Crippen LogP contribution is -2.16. The molecule has 0 amide bonds. The summed E-state index contributed by atoms with van der Waals surface area (Å²) in [6.07, 6.45) is 0.930. The fourth-order valence-corrected chi connectivity index (χ4v) is 1.85. The summed E-state index contributed by atoms with van der Waals surface area (Å²) < 4.78 is 22.4. The zero-order chi connectivity index (χ0) is 12.3. The minimum absolute atomic E-state index is 0.0262. The van der Waals surface area contributed by atoms with Crippen LogP contribution in [-0.4, -0.2) is 14.5 Å². The average Bonchev–Trinajstić information content (AvgIpc) is 2.15. The Labute approximate surface area is 95.9 Å². The smallest absolute Gasteiger partial charge is 0.238 e. The first-order chi connectivity index (χ1) is 7.32. The van der Waals surface area contributed by atoms with Crippen molar-refractivity contribution in [1.29, 1.82) is 0 Å². The first-order valence-electron chi connectivity index (χ1n) is 5.03. The summed E-state index contributed by atoms with van der Waals surface area (Å²) in [5, 5.41) is 8.19. The predicted octanol–water partition coefficient (Wildman–Crippen LogP) is 1.13. The monoisotopic (exact) mass is 243 g/mol. The molecule has 1 rings (SSSR count). The highest BCUT2D eigenvalue weighted by Crippen LogP contribution is 2.20. The van der Waals surface area contributed by atoms with Crippen molar-refractivity contribution >= 4 is 21.4 Å². The van der Waals surface area contributed by atoms with Crippen molar-refractivity contribution in [2.75, 3.05) is 11.1 Å². The van der Waals surface area contributed by atoms with E-state index in [0.29, 0.717) is 11.4 Å². The van der Waals surface area contributed by atoms with Gasteiger partial charge in [0.2, 0.25) is 10.0 Å². The average molecular weight is 243 g/mol. The first kappa shape index (κ1) is 12.8. The molecule has 6 heteroatoms. The molecule has 1 atom stereocenters. The van der Waals surface area contributed by atoms with Gasteiger partial charge in [0.1, 0.15) is 0 Å². The third-order valence-electron chi connectivity index (χ3n) is 2.28. The third kappa shape index (κ3) is 3.39. The molecule has 0 heterocycles. The molecule has 0 bridgehead atoms. The summed E-state index contributed by atoms with van der Waals surface area (Å²) >= 11 is 0. The van der Waals surface area contributed by atoms with Gasteiger partial charge in [0.05, 0.1) is 4.90 Å². The number of benzene rings is 1. The van der Waals surface area contributed by atoms with Crippen LogP contribution in [0.1, 0.15) is 20.3 Å². The second kappa shape index (κ2) is 4.71. The van der Waals surface area contributed by atoms with Crippen LogP contribution < -0.4 is 16.2 Å². The van der Waals surface area contributed by atoms with Gasteiger partial charge in [-0.1, -0.05) is 6.92 Å². The lowest BCUT2D eigenvalue weighted by molar-refractivity contribution is 0.598. The summed E-state index contributed by atoms with van der Waals surface area (Å²) in [5.41, 5.74) is 6.65. The topological polar surface area (TPSA) is 98.2 Å². The highest BCUT2D eigenvalue weighted by molar-refractivity contribution is 7.89. The number of primary sulfonamides is 1. The van der Waals surface area contributed by atoms with E-state index >= 15 is 0 Å². The van der Waals surface area contributed by atoms with E-state index in [1.807, 2.05) is 13.8 Å². The number of hydrogen-bond acceptors (Lipinski definition) is 4. The van der Waals surface area contributed by atoms with Gasteiger partial charge in [0.25, 0.3) is 0 Å². The summed E-state index contributed by atoms with van der Waals surface area (Å²) in [5.74, 6) is 0. The van der Waals surface area contributed by atoms with Crippen LogP contribution in [0.2, 0.25) is 0 Å². The molecule has 0 spiro atoms. The Balaban J connectivity index is 3.09. The first-order valence-corrected chi connectivity index (χ1v) is 6.57. The van der Waals surface area contributed by atoms with E-state index < -0.39 is 10.0 Å². The van der Waals surface area contributed by atoms with Crippen LogP contribution in [-0.2, 0) is 10.0 Å². The molecule has 0 radical (unpaired) electrons. The normalized spacial score (nSPS) is 13.4. The molecule has 5 nitrogen and oxygen atoms in total. The second-order valence-electron chi connectivity index (χ2n) is 3.79.